The zero-order valence-corrected chi connectivity index (χ0v) is 14.9. The first-order valence-electron chi connectivity index (χ1n) is 9.53. The van der Waals surface area contributed by atoms with Crippen LogP contribution in [0.4, 0.5) is 0 Å². The van der Waals surface area contributed by atoms with E-state index in [0.29, 0.717) is 5.92 Å². The van der Waals surface area contributed by atoms with Crippen molar-refractivity contribution in [2.45, 2.75) is 57.4 Å². The lowest BCUT2D eigenvalue weighted by molar-refractivity contribution is -0.134. The Hall–Kier alpha value is -2.17. The molecule has 0 bridgehead atoms. The normalized spacial score (nSPS) is 19.0. The molecule has 2 aliphatic heterocycles. The van der Waals surface area contributed by atoms with Crippen molar-refractivity contribution in [2.24, 2.45) is 0 Å². The Morgan fingerprint density at radius 1 is 1.16 bits per heavy atom. The van der Waals surface area contributed by atoms with E-state index in [4.69, 9.17) is 0 Å². The number of hydrogen-bond acceptors (Lipinski definition) is 3. The number of nitrogens with zero attached hydrogens (tertiary/aromatic N) is 4. The number of rotatable bonds is 4. The van der Waals surface area contributed by atoms with Crippen LogP contribution >= 0.6 is 0 Å². The average Bonchev–Trinajstić information content (AvgIpc) is 3.27. The summed E-state index contributed by atoms with van der Waals surface area (Å²) < 4.78 is 2.31. The Morgan fingerprint density at radius 3 is 2.64 bits per heavy atom. The Bertz CT molecular complexity index is 731. The minimum absolute atomic E-state index is 0.0184. The van der Waals surface area contributed by atoms with Crippen LogP contribution < -0.4 is 0 Å². The summed E-state index contributed by atoms with van der Waals surface area (Å²) in [5.41, 5.74) is 1.13. The van der Waals surface area contributed by atoms with E-state index in [2.05, 4.69) is 38.7 Å². The highest BCUT2D eigenvalue weighted by Gasteiger charge is 2.31. The van der Waals surface area contributed by atoms with Crippen molar-refractivity contribution in [3.05, 3.63) is 47.5 Å². The molecule has 5 heteroatoms. The van der Waals surface area contributed by atoms with E-state index in [-0.39, 0.29) is 11.8 Å². The number of aryl methyl sites for hydroxylation is 1. The summed E-state index contributed by atoms with van der Waals surface area (Å²) in [5, 5.41) is 8.78. The van der Waals surface area contributed by atoms with E-state index in [1.165, 1.54) is 6.42 Å². The number of carbonyl (C=O) groups excluding carboxylic acids is 1. The molecule has 0 saturated carbocycles. The van der Waals surface area contributed by atoms with Gasteiger partial charge in [-0.1, -0.05) is 37.3 Å². The minimum atomic E-state index is -0.0184. The van der Waals surface area contributed by atoms with Gasteiger partial charge in [-0.15, -0.1) is 10.2 Å². The molecule has 0 aliphatic carbocycles. The third-order valence-electron chi connectivity index (χ3n) is 5.72. The predicted octanol–water partition coefficient (Wildman–Crippen LogP) is 3.12. The van der Waals surface area contributed by atoms with Crippen molar-refractivity contribution in [3.63, 3.8) is 0 Å². The Balaban J connectivity index is 1.42. The number of hydrogen-bond donors (Lipinski definition) is 0. The molecule has 1 aromatic heterocycles. The van der Waals surface area contributed by atoms with E-state index in [9.17, 15) is 4.79 Å². The van der Waals surface area contributed by atoms with Crippen LogP contribution in [-0.4, -0.2) is 38.7 Å². The van der Waals surface area contributed by atoms with Gasteiger partial charge < -0.3 is 9.47 Å². The van der Waals surface area contributed by atoms with Gasteiger partial charge in [0.15, 0.2) is 0 Å². The Morgan fingerprint density at radius 2 is 1.92 bits per heavy atom. The molecule has 25 heavy (non-hydrogen) atoms. The lowest BCUT2D eigenvalue weighted by Gasteiger charge is -2.34. The second kappa shape index (κ2) is 6.98. The fourth-order valence-electron chi connectivity index (χ4n) is 4.29. The number of fused-ring (bicyclic) bond motifs is 1. The van der Waals surface area contributed by atoms with Gasteiger partial charge in [0.2, 0.25) is 5.91 Å². The highest BCUT2D eigenvalue weighted by atomic mass is 16.2. The monoisotopic (exact) mass is 338 g/mol. The summed E-state index contributed by atoms with van der Waals surface area (Å²) in [4.78, 5) is 15.1. The lowest BCUT2D eigenvalue weighted by atomic mass is 9.91. The van der Waals surface area contributed by atoms with E-state index < -0.39 is 0 Å². The Labute approximate surface area is 149 Å². The highest BCUT2D eigenvalue weighted by Crippen LogP contribution is 2.31. The number of carbonyl (C=O) groups is 1. The standard InChI is InChI=1S/C20H26N4O/c1-2-17(15-7-4-3-5-8-15)20(25)23-13-10-16(11-14-23)19-22-21-18-9-6-12-24(18)19/h3-5,7-8,16-17H,2,6,9-14H2,1H3/t17-/m1/s1. The number of piperidine rings is 1. The van der Waals surface area contributed by atoms with E-state index >= 15 is 0 Å². The quantitative estimate of drug-likeness (QED) is 0.860. The molecule has 2 aromatic rings. The number of amides is 1. The second-order valence-corrected chi connectivity index (χ2v) is 7.20. The van der Waals surface area contributed by atoms with Crippen LogP contribution in [0.3, 0.4) is 0 Å². The van der Waals surface area contributed by atoms with Crippen LogP contribution in [0.15, 0.2) is 30.3 Å². The van der Waals surface area contributed by atoms with Crippen LogP contribution in [0, 0.1) is 0 Å². The number of benzene rings is 1. The predicted molar refractivity (Wildman–Crippen MR) is 96.4 cm³/mol. The van der Waals surface area contributed by atoms with Gasteiger partial charge in [-0.05, 0) is 31.2 Å². The van der Waals surface area contributed by atoms with E-state index in [1.54, 1.807) is 0 Å². The van der Waals surface area contributed by atoms with Crippen LogP contribution in [0.1, 0.15) is 61.7 Å². The zero-order chi connectivity index (χ0) is 17.2. The zero-order valence-electron chi connectivity index (χ0n) is 14.9. The van der Waals surface area contributed by atoms with Crippen LogP contribution in [0.5, 0.6) is 0 Å². The third-order valence-corrected chi connectivity index (χ3v) is 5.72. The molecular formula is C20H26N4O. The third kappa shape index (κ3) is 3.08. The molecule has 1 fully saturated rings. The molecule has 1 saturated heterocycles. The van der Waals surface area contributed by atoms with E-state index in [0.717, 1.165) is 62.5 Å². The fourth-order valence-corrected chi connectivity index (χ4v) is 4.29. The van der Waals surface area contributed by atoms with Gasteiger partial charge in [-0.3, -0.25) is 4.79 Å². The molecule has 0 spiro atoms. The van der Waals surface area contributed by atoms with Gasteiger partial charge in [0.05, 0.1) is 5.92 Å². The maximum Gasteiger partial charge on any atom is 0.230 e. The largest absolute Gasteiger partial charge is 0.342 e. The molecular weight excluding hydrogens is 312 g/mol. The highest BCUT2D eigenvalue weighted by molar-refractivity contribution is 5.83. The number of likely N-dealkylation sites (tertiary alicyclic amines) is 1. The fraction of sp³-hybridized carbons (Fsp3) is 0.550. The van der Waals surface area contributed by atoms with Crippen molar-refractivity contribution in [1.82, 2.24) is 19.7 Å². The van der Waals surface area contributed by atoms with Crippen molar-refractivity contribution in [3.8, 4) is 0 Å². The van der Waals surface area contributed by atoms with Gasteiger partial charge in [0.1, 0.15) is 11.6 Å². The second-order valence-electron chi connectivity index (χ2n) is 7.20. The molecule has 1 atom stereocenters. The molecule has 5 nitrogen and oxygen atoms in total. The number of aromatic nitrogens is 3. The van der Waals surface area contributed by atoms with Crippen LogP contribution in [-0.2, 0) is 17.8 Å². The van der Waals surface area contributed by atoms with Gasteiger partial charge >= 0.3 is 0 Å². The summed E-state index contributed by atoms with van der Waals surface area (Å²) in [6.45, 7) is 4.81. The first kappa shape index (κ1) is 16.3. The molecule has 4 rings (SSSR count). The summed E-state index contributed by atoms with van der Waals surface area (Å²) in [6, 6.07) is 10.2. The van der Waals surface area contributed by atoms with Gasteiger partial charge in [0.25, 0.3) is 0 Å². The summed E-state index contributed by atoms with van der Waals surface area (Å²) in [5.74, 6) is 2.99. The van der Waals surface area contributed by atoms with Crippen molar-refractivity contribution in [2.75, 3.05) is 13.1 Å². The lowest BCUT2D eigenvalue weighted by Crippen LogP contribution is -2.41. The molecule has 0 N–H and O–H groups in total. The molecule has 2 aliphatic rings. The summed E-state index contributed by atoms with van der Waals surface area (Å²) in [6.07, 6.45) is 5.08. The minimum Gasteiger partial charge on any atom is -0.342 e. The van der Waals surface area contributed by atoms with Crippen LogP contribution in [0.2, 0.25) is 0 Å². The molecule has 0 unspecified atom stereocenters. The molecule has 1 amide bonds. The maximum absolute atomic E-state index is 13.0. The topological polar surface area (TPSA) is 51.0 Å². The van der Waals surface area contributed by atoms with Crippen molar-refractivity contribution in [1.29, 1.82) is 0 Å². The summed E-state index contributed by atoms with van der Waals surface area (Å²) >= 11 is 0. The molecule has 132 valence electrons. The van der Waals surface area contributed by atoms with Crippen LogP contribution in [0.25, 0.3) is 0 Å². The molecule has 3 heterocycles. The first-order valence-corrected chi connectivity index (χ1v) is 9.53. The van der Waals surface area contributed by atoms with Crippen molar-refractivity contribution >= 4 is 5.91 Å². The summed E-state index contributed by atoms with van der Waals surface area (Å²) in [7, 11) is 0. The molecule has 0 radical (unpaired) electrons. The van der Waals surface area contributed by atoms with Crippen molar-refractivity contribution < 1.29 is 4.79 Å². The molecule has 1 aromatic carbocycles. The van der Waals surface area contributed by atoms with Gasteiger partial charge in [0, 0.05) is 32.0 Å². The Kier molecular flexibility index (Phi) is 4.55. The van der Waals surface area contributed by atoms with Gasteiger partial charge in [-0.2, -0.15) is 0 Å². The van der Waals surface area contributed by atoms with Gasteiger partial charge in [-0.25, -0.2) is 0 Å². The maximum atomic E-state index is 13.0. The van der Waals surface area contributed by atoms with E-state index in [1.807, 2.05) is 18.2 Å². The average molecular weight is 338 g/mol. The smallest absolute Gasteiger partial charge is 0.230 e. The first-order chi connectivity index (χ1) is 12.3. The SMILES string of the molecule is CC[C@@H](C(=O)N1CCC(c2nnc3n2CCC3)CC1)c1ccccc1.